The highest BCUT2D eigenvalue weighted by atomic mass is 35.5. The summed E-state index contributed by atoms with van der Waals surface area (Å²) >= 11 is 12.2. The lowest BCUT2D eigenvalue weighted by atomic mass is 10.1. The molecule has 4 aromatic carbocycles. The van der Waals surface area contributed by atoms with Gasteiger partial charge in [0.15, 0.2) is 8.68 Å². The highest BCUT2D eigenvalue weighted by Gasteiger charge is 2.14. The smallest absolute Gasteiger partial charge is 0.229 e. The third kappa shape index (κ3) is 7.06. The number of para-hydroxylation sites is 4. The topological polar surface area (TPSA) is 113 Å². The van der Waals surface area contributed by atoms with Crippen molar-refractivity contribution < 1.29 is 0 Å². The molecule has 0 atom stereocenters. The Bertz CT molecular complexity index is 2260. The Morgan fingerprint density at radius 2 is 1.15 bits per heavy atom. The standard InChI is InChI=1S/C16H12ClN5S2.C16H13N5S2/c1-2-10-6-3-4-8-12(10)22-20-15(19-21-22)24-16-18-14-11(17)7-5-9-13(14)23-16;1-2-11-7-3-5-9-13(11)21-19-15(18-20-21)23-16-17-12-8-4-6-10-14(12)22-16/h3-9H,2H2,1H3;3-10H,2H2,1H3. The van der Waals surface area contributed by atoms with Gasteiger partial charge in [0.1, 0.15) is 5.52 Å². The molecule has 15 heteroatoms. The average Bonchev–Trinajstić information content (AvgIpc) is 3.92. The molecule has 0 saturated carbocycles. The summed E-state index contributed by atoms with van der Waals surface area (Å²) in [7, 11) is 0. The molecule has 4 aromatic heterocycles. The van der Waals surface area contributed by atoms with Crippen LogP contribution in [0.2, 0.25) is 5.02 Å². The zero-order valence-electron chi connectivity index (χ0n) is 25.1. The van der Waals surface area contributed by atoms with E-state index in [-0.39, 0.29) is 0 Å². The molecular weight excluding hydrogens is 688 g/mol. The minimum atomic E-state index is 0.566. The molecule has 8 rings (SSSR count). The van der Waals surface area contributed by atoms with Crippen LogP contribution in [0, 0.1) is 0 Å². The largest absolute Gasteiger partial charge is 0.238 e. The van der Waals surface area contributed by atoms with Gasteiger partial charge < -0.3 is 0 Å². The van der Waals surface area contributed by atoms with E-state index < -0.39 is 0 Å². The van der Waals surface area contributed by atoms with Gasteiger partial charge in [-0.3, -0.25) is 0 Å². The van der Waals surface area contributed by atoms with Crippen LogP contribution in [-0.4, -0.2) is 50.4 Å². The summed E-state index contributed by atoms with van der Waals surface area (Å²) in [5.74, 6) is 0. The second-order valence-electron chi connectivity index (χ2n) is 9.91. The Morgan fingerprint density at radius 3 is 1.74 bits per heavy atom. The lowest BCUT2D eigenvalue weighted by Gasteiger charge is -2.04. The average molecular weight is 713 g/mol. The lowest BCUT2D eigenvalue weighted by Crippen LogP contribution is -2.02. The molecule has 0 aliphatic heterocycles. The minimum Gasteiger partial charge on any atom is -0.229 e. The van der Waals surface area contributed by atoms with Crippen LogP contribution in [0.5, 0.6) is 0 Å². The van der Waals surface area contributed by atoms with Crippen LogP contribution in [0.1, 0.15) is 25.0 Å². The summed E-state index contributed by atoms with van der Waals surface area (Å²) in [6, 6.07) is 30.0. The molecule has 0 fully saturated rings. The number of thiazole rings is 2. The van der Waals surface area contributed by atoms with Gasteiger partial charge >= 0.3 is 0 Å². The maximum absolute atomic E-state index is 6.18. The third-order valence-electron chi connectivity index (χ3n) is 6.95. The van der Waals surface area contributed by atoms with Crippen LogP contribution in [0.25, 0.3) is 31.8 Å². The Balaban J connectivity index is 0.000000150. The maximum atomic E-state index is 6.18. The van der Waals surface area contributed by atoms with Crippen molar-refractivity contribution >= 4 is 78.2 Å². The fourth-order valence-electron chi connectivity index (χ4n) is 4.69. The van der Waals surface area contributed by atoms with Crippen LogP contribution < -0.4 is 0 Å². The third-order valence-corrected chi connectivity index (χ3v) is 11.1. The van der Waals surface area contributed by atoms with Gasteiger partial charge in [-0.1, -0.05) is 80.0 Å². The molecule has 0 spiro atoms. The molecule has 0 bridgehead atoms. The Hall–Kier alpha value is -4.21. The number of aromatic nitrogens is 10. The quantitative estimate of drug-likeness (QED) is 0.152. The highest BCUT2D eigenvalue weighted by molar-refractivity contribution is 8.01. The van der Waals surface area contributed by atoms with E-state index in [9.17, 15) is 0 Å². The Kier molecular flexibility index (Phi) is 9.54. The second-order valence-corrected chi connectivity index (χ2v) is 14.8. The number of tetrazole rings is 2. The van der Waals surface area contributed by atoms with Crippen molar-refractivity contribution in [2.75, 3.05) is 0 Å². The van der Waals surface area contributed by atoms with Gasteiger partial charge in [-0.15, -0.1) is 52.7 Å². The number of aryl methyl sites for hydroxylation is 2. The van der Waals surface area contributed by atoms with E-state index in [4.69, 9.17) is 11.6 Å². The normalized spacial score (nSPS) is 11.2. The van der Waals surface area contributed by atoms with Crippen molar-refractivity contribution in [2.45, 2.75) is 45.7 Å². The molecule has 234 valence electrons. The molecule has 0 saturated heterocycles. The van der Waals surface area contributed by atoms with Crippen molar-refractivity contribution in [3.8, 4) is 11.4 Å². The maximum Gasteiger partial charge on any atom is 0.238 e. The summed E-state index contributed by atoms with van der Waals surface area (Å²) in [4.78, 5) is 12.3. The van der Waals surface area contributed by atoms with E-state index in [2.05, 4.69) is 72.8 Å². The fourth-order valence-corrected chi connectivity index (χ4v) is 8.69. The first-order chi connectivity index (χ1) is 23.1. The molecule has 0 radical (unpaired) electrons. The SMILES string of the molecule is CCc1ccccc1-n1nnc(Sc2nc3c(Cl)cccc3s2)n1.CCc1ccccc1-n1nnc(Sc2nc3ccccc3s2)n1. The van der Waals surface area contributed by atoms with Crippen LogP contribution in [0.3, 0.4) is 0 Å². The van der Waals surface area contributed by atoms with Gasteiger partial charge in [0.2, 0.25) is 10.3 Å². The van der Waals surface area contributed by atoms with Crippen LogP contribution in [0.4, 0.5) is 0 Å². The van der Waals surface area contributed by atoms with Crippen LogP contribution >= 0.6 is 57.8 Å². The monoisotopic (exact) mass is 712 g/mol. The predicted molar refractivity (Wildman–Crippen MR) is 190 cm³/mol. The van der Waals surface area contributed by atoms with E-state index in [1.165, 1.54) is 39.4 Å². The van der Waals surface area contributed by atoms with Gasteiger partial charge in [0.05, 0.1) is 31.3 Å². The van der Waals surface area contributed by atoms with E-state index >= 15 is 0 Å². The van der Waals surface area contributed by atoms with E-state index in [1.54, 1.807) is 32.3 Å². The number of hydrogen-bond acceptors (Lipinski definition) is 12. The van der Waals surface area contributed by atoms with Gasteiger partial charge in [-0.05, 0) is 94.3 Å². The fraction of sp³-hybridized carbons (Fsp3) is 0.125. The molecule has 0 amide bonds. The Morgan fingerprint density at radius 1 is 0.617 bits per heavy atom. The molecule has 0 N–H and O–H groups in total. The lowest BCUT2D eigenvalue weighted by molar-refractivity contribution is 0.709. The number of nitrogens with zero attached hydrogens (tertiary/aromatic N) is 10. The molecule has 0 aliphatic rings. The van der Waals surface area contributed by atoms with Crippen LogP contribution in [-0.2, 0) is 12.8 Å². The molecule has 8 aromatic rings. The minimum absolute atomic E-state index is 0.566. The molecule has 0 aliphatic carbocycles. The molecular formula is C32H25ClN10S4. The molecule has 47 heavy (non-hydrogen) atoms. The first-order valence-electron chi connectivity index (χ1n) is 14.6. The van der Waals surface area contributed by atoms with Gasteiger partial charge in [0.25, 0.3) is 0 Å². The van der Waals surface area contributed by atoms with Crippen molar-refractivity contribution in [3.63, 3.8) is 0 Å². The van der Waals surface area contributed by atoms with E-state index in [0.717, 1.165) is 48.6 Å². The van der Waals surface area contributed by atoms with Gasteiger partial charge in [0, 0.05) is 0 Å². The zero-order chi connectivity index (χ0) is 32.2. The molecule has 0 unspecified atom stereocenters. The number of halogens is 1. The number of hydrogen-bond donors (Lipinski definition) is 0. The van der Waals surface area contributed by atoms with E-state index in [1.807, 2.05) is 72.8 Å². The summed E-state index contributed by atoms with van der Waals surface area (Å²) in [5.41, 5.74) is 6.11. The Labute approximate surface area is 291 Å². The van der Waals surface area contributed by atoms with Crippen LogP contribution in [0.15, 0.2) is 110 Å². The molecule has 4 heterocycles. The van der Waals surface area contributed by atoms with Crippen molar-refractivity contribution in [1.29, 1.82) is 0 Å². The summed E-state index contributed by atoms with van der Waals surface area (Å²) < 4.78 is 3.99. The summed E-state index contributed by atoms with van der Waals surface area (Å²) in [5, 5.41) is 27.4. The zero-order valence-corrected chi connectivity index (χ0v) is 29.1. The summed E-state index contributed by atoms with van der Waals surface area (Å²) in [6.45, 7) is 4.23. The van der Waals surface area contributed by atoms with Gasteiger partial charge in [-0.2, -0.15) is 0 Å². The predicted octanol–water partition coefficient (Wildman–Crippen LogP) is 8.62. The van der Waals surface area contributed by atoms with Crippen molar-refractivity contribution in [1.82, 2.24) is 50.4 Å². The van der Waals surface area contributed by atoms with Gasteiger partial charge in [-0.25, -0.2) is 9.97 Å². The first kappa shape index (κ1) is 31.4. The number of rotatable bonds is 8. The number of benzene rings is 4. The highest BCUT2D eigenvalue weighted by Crippen LogP contribution is 2.35. The number of fused-ring (bicyclic) bond motifs is 2. The molecule has 10 nitrogen and oxygen atoms in total. The first-order valence-corrected chi connectivity index (χ1v) is 18.2. The van der Waals surface area contributed by atoms with E-state index in [0.29, 0.717) is 15.3 Å². The van der Waals surface area contributed by atoms with Crippen molar-refractivity contribution in [2.24, 2.45) is 0 Å². The second kappa shape index (κ2) is 14.3. The van der Waals surface area contributed by atoms with Crippen molar-refractivity contribution in [3.05, 3.63) is 107 Å². The summed E-state index contributed by atoms with van der Waals surface area (Å²) in [6.07, 6.45) is 1.84.